The maximum Gasteiger partial charge on any atom is 0.434 e. The van der Waals surface area contributed by atoms with Crippen LogP contribution in [-0.2, 0) is 10.9 Å². The molecule has 0 atom stereocenters. The number of benzene rings is 2. The van der Waals surface area contributed by atoms with Gasteiger partial charge in [-0.1, -0.05) is 35.5 Å². The average molecular weight is 521 g/mol. The molecule has 0 unspecified atom stereocenters. The number of nitrogens with zero attached hydrogens (tertiary/aromatic N) is 2. The summed E-state index contributed by atoms with van der Waals surface area (Å²) < 4.78 is 45.6. The fourth-order valence-electron chi connectivity index (χ4n) is 2.82. The Kier molecular flexibility index (Phi) is 8.22. The van der Waals surface area contributed by atoms with Crippen LogP contribution in [0.2, 0.25) is 5.02 Å². The molecular weight excluding hydrogens is 505 g/mol. The van der Waals surface area contributed by atoms with Gasteiger partial charge in [-0.2, -0.15) is 18.4 Å². The minimum absolute atomic E-state index is 0.147. The quantitative estimate of drug-likeness (QED) is 0.355. The van der Waals surface area contributed by atoms with Crippen molar-refractivity contribution in [3.05, 3.63) is 76.4 Å². The highest BCUT2D eigenvalue weighted by Gasteiger charge is 2.39. The zero-order chi connectivity index (χ0) is 25.6. The van der Waals surface area contributed by atoms with Crippen LogP contribution >= 0.6 is 23.4 Å². The van der Waals surface area contributed by atoms with Crippen LogP contribution in [0.5, 0.6) is 0 Å². The van der Waals surface area contributed by atoms with Crippen LogP contribution in [0.25, 0.3) is 0 Å². The Bertz CT molecular complexity index is 1290. The number of hydrogen-bond acceptors (Lipinski definition) is 6. The van der Waals surface area contributed by atoms with E-state index < -0.39 is 29.4 Å². The fourth-order valence-corrected chi connectivity index (χ4v) is 3.88. The summed E-state index contributed by atoms with van der Waals surface area (Å²) in [4.78, 5) is 28.4. The second kappa shape index (κ2) is 11.1. The third kappa shape index (κ3) is 6.65. The van der Waals surface area contributed by atoms with Crippen LogP contribution in [0.15, 0.2) is 64.5 Å². The number of para-hydroxylation sites is 1. The van der Waals surface area contributed by atoms with Crippen LogP contribution in [0, 0.1) is 11.3 Å². The third-order valence-corrected chi connectivity index (χ3v) is 5.65. The maximum absolute atomic E-state index is 13.7. The van der Waals surface area contributed by atoms with E-state index in [0.29, 0.717) is 15.6 Å². The largest absolute Gasteiger partial charge is 0.462 e. The third-order valence-electron chi connectivity index (χ3n) is 4.32. The van der Waals surface area contributed by atoms with Crippen LogP contribution < -0.4 is 10.6 Å². The van der Waals surface area contributed by atoms with E-state index in [0.717, 1.165) is 17.8 Å². The first-order valence-electron chi connectivity index (χ1n) is 9.92. The lowest BCUT2D eigenvalue weighted by Gasteiger charge is -2.15. The molecule has 0 aliphatic carbocycles. The van der Waals surface area contributed by atoms with Gasteiger partial charge in [0.25, 0.3) is 0 Å². The number of anilines is 2. The number of ether oxygens (including phenoxy) is 1. The van der Waals surface area contributed by atoms with Gasteiger partial charge >= 0.3 is 18.2 Å². The molecule has 2 amide bonds. The molecule has 180 valence electrons. The van der Waals surface area contributed by atoms with Crippen molar-refractivity contribution in [1.82, 2.24) is 4.98 Å². The van der Waals surface area contributed by atoms with Gasteiger partial charge in [-0.3, -0.25) is 0 Å². The lowest BCUT2D eigenvalue weighted by Crippen LogP contribution is -2.20. The molecule has 3 rings (SSSR count). The van der Waals surface area contributed by atoms with Gasteiger partial charge in [0.15, 0.2) is 5.69 Å². The minimum atomic E-state index is -4.97. The zero-order valence-corrected chi connectivity index (χ0v) is 19.5. The number of halogens is 4. The number of esters is 1. The second-order valence-electron chi connectivity index (χ2n) is 6.75. The van der Waals surface area contributed by atoms with Crippen LogP contribution in [0.1, 0.15) is 28.5 Å². The molecule has 0 fully saturated rings. The molecule has 35 heavy (non-hydrogen) atoms. The number of carbonyl (C=O) groups excluding carboxylic acids is 2. The van der Waals surface area contributed by atoms with E-state index in [1.807, 2.05) is 0 Å². The standard InChI is InChI=1S/C23H16ClF3N4O3S/c1-2-34-21(32)16-11-13(12-28)20(31-19(16)23(25,26)27)35-18-6-4-3-5-17(18)30-22(33)29-15-9-7-14(24)8-10-15/h3-11H,2H2,1H3,(H2,29,30,33). The predicted octanol–water partition coefficient (Wildman–Crippen LogP) is 6.60. The molecule has 0 bridgehead atoms. The number of rotatable bonds is 6. The average Bonchev–Trinajstić information content (AvgIpc) is 2.81. The lowest BCUT2D eigenvalue weighted by atomic mass is 10.1. The number of carbonyl (C=O) groups is 2. The lowest BCUT2D eigenvalue weighted by molar-refractivity contribution is -0.142. The zero-order valence-electron chi connectivity index (χ0n) is 17.9. The van der Waals surface area contributed by atoms with E-state index in [1.165, 1.54) is 19.1 Å². The van der Waals surface area contributed by atoms with Crippen molar-refractivity contribution in [2.75, 3.05) is 17.2 Å². The molecule has 2 aromatic carbocycles. The van der Waals surface area contributed by atoms with Gasteiger partial charge in [0.05, 0.1) is 23.4 Å². The van der Waals surface area contributed by atoms with Crippen molar-refractivity contribution < 1.29 is 27.5 Å². The number of urea groups is 1. The maximum atomic E-state index is 13.7. The fraction of sp³-hybridized carbons (Fsp3) is 0.130. The molecule has 0 saturated heterocycles. The van der Waals surface area contributed by atoms with Gasteiger partial charge in [0.1, 0.15) is 11.1 Å². The molecule has 7 nitrogen and oxygen atoms in total. The molecule has 0 saturated carbocycles. The van der Waals surface area contributed by atoms with Crippen molar-refractivity contribution >= 4 is 46.7 Å². The number of hydrogen-bond donors (Lipinski definition) is 2. The first-order valence-corrected chi connectivity index (χ1v) is 11.1. The minimum Gasteiger partial charge on any atom is -0.462 e. The number of nitriles is 1. The van der Waals surface area contributed by atoms with E-state index in [2.05, 4.69) is 20.4 Å². The summed E-state index contributed by atoms with van der Waals surface area (Å²) in [7, 11) is 0. The summed E-state index contributed by atoms with van der Waals surface area (Å²) in [5.41, 5.74) is -1.85. The first-order chi connectivity index (χ1) is 16.6. The number of alkyl halides is 3. The molecule has 12 heteroatoms. The van der Waals surface area contributed by atoms with Gasteiger partial charge < -0.3 is 15.4 Å². The topological polar surface area (TPSA) is 104 Å². The summed E-state index contributed by atoms with van der Waals surface area (Å²) in [6.45, 7) is 1.30. The highest BCUT2D eigenvalue weighted by molar-refractivity contribution is 7.99. The van der Waals surface area contributed by atoms with Gasteiger partial charge in [-0.15, -0.1) is 0 Å². The Morgan fingerprint density at radius 1 is 1.14 bits per heavy atom. The summed E-state index contributed by atoms with van der Waals surface area (Å²) in [6, 6.07) is 14.6. The highest BCUT2D eigenvalue weighted by Crippen LogP contribution is 2.38. The number of aromatic nitrogens is 1. The molecule has 0 radical (unpaired) electrons. The molecule has 3 aromatic rings. The number of amides is 2. The van der Waals surface area contributed by atoms with Crippen LogP contribution in [-0.4, -0.2) is 23.6 Å². The summed E-state index contributed by atoms with van der Waals surface area (Å²) in [5.74, 6) is -1.23. The predicted molar refractivity (Wildman–Crippen MR) is 125 cm³/mol. The Hall–Kier alpha value is -3.75. The Morgan fingerprint density at radius 2 is 1.83 bits per heavy atom. The molecule has 2 N–H and O–H groups in total. The van der Waals surface area contributed by atoms with E-state index in [9.17, 15) is 28.0 Å². The molecule has 0 aliphatic heterocycles. The molecular formula is C23H16ClF3N4O3S. The Balaban J connectivity index is 1.92. The Morgan fingerprint density at radius 3 is 2.46 bits per heavy atom. The van der Waals surface area contributed by atoms with Gasteiger partial charge in [-0.25, -0.2) is 14.6 Å². The summed E-state index contributed by atoms with van der Waals surface area (Å²) in [6.07, 6.45) is -4.97. The number of pyridine rings is 1. The molecule has 1 heterocycles. The smallest absolute Gasteiger partial charge is 0.434 e. The summed E-state index contributed by atoms with van der Waals surface area (Å²) >= 11 is 6.56. The second-order valence-corrected chi connectivity index (χ2v) is 8.22. The molecule has 1 aromatic heterocycles. The number of nitrogens with one attached hydrogen (secondary N) is 2. The van der Waals surface area contributed by atoms with Crippen LogP contribution in [0.3, 0.4) is 0 Å². The summed E-state index contributed by atoms with van der Waals surface area (Å²) in [5, 5.41) is 14.9. The molecule has 0 spiro atoms. The monoisotopic (exact) mass is 520 g/mol. The van der Waals surface area contributed by atoms with Gasteiger partial charge in [-0.05, 0) is 49.4 Å². The first kappa shape index (κ1) is 25.9. The van der Waals surface area contributed by atoms with Gasteiger partial charge in [0, 0.05) is 15.6 Å². The van der Waals surface area contributed by atoms with Crippen molar-refractivity contribution in [3.63, 3.8) is 0 Å². The van der Waals surface area contributed by atoms with E-state index in [-0.39, 0.29) is 22.9 Å². The highest BCUT2D eigenvalue weighted by atomic mass is 35.5. The van der Waals surface area contributed by atoms with Crippen molar-refractivity contribution in [2.45, 2.75) is 23.0 Å². The molecule has 0 aliphatic rings. The van der Waals surface area contributed by atoms with Crippen molar-refractivity contribution in [2.24, 2.45) is 0 Å². The van der Waals surface area contributed by atoms with Gasteiger partial charge in [0.2, 0.25) is 0 Å². The van der Waals surface area contributed by atoms with Crippen LogP contribution in [0.4, 0.5) is 29.3 Å². The van der Waals surface area contributed by atoms with E-state index in [4.69, 9.17) is 11.6 Å². The Labute approximate surface area is 207 Å². The SMILES string of the molecule is CCOC(=O)c1cc(C#N)c(Sc2ccccc2NC(=O)Nc2ccc(Cl)cc2)nc1C(F)(F)F. The van der Waals surface area contributed by atoms with Crippen molar-refractivity contribution in [1.29, 1.82) is 5.26 Å². The van der Waals surface area contributed by atoms with E-state index in [1.54, 1.807) is 42.5 Å². The normalized spacial score (nSPS) is 10.9. The van der Waals surface area contributed by atoms with Crippen molar-refractivity contribution in [3.8, 4) is 6.07 Å². The van der Waals surface area contributed by atoms with E-state index >= 15 is 0 Å².